The average molecular weight is 372 g/mol. The quantitative estimate of drug-likeness (QED) is 0.807. The van der Waals surface area contributed by atoms with Crippen LogP contribution in [0.25, 0.3) is 0 Å². The number of rotatable bonds is 7. The molecule has 0 saturated carbocycles. The van der Waals surface area contributed by atoms with Crippen LogP contribution < -0.4 is 15.6 Å². The van der Waals surface area contributed by atoms with Crippen LogP contribution in [0.2, 0.25) is 5.02 Å². The largest absolute Gasteiger partial charge is 0.433 e. The van der Waals surface area contributed by atoms with E-state index in [2.05, 4.69) is 15.2 Å². The van der Waals surface area contributed by atoms with Crippen LogP contribution >= 0.6 is 11.6 Å². The number of benzene rings is 1. The van der Waals surface area contributed by atoms with Gasteiger partial charge in [-0.1, -0.05) is 24.9 Å². The number of unbranched alkanes of at least 4 members (excludes halogenated alkanes) is 1. The molecule has 0 spiro atoms. The van der Waals surface area contributed by atoms with Crippen LogP contribution in [0.15, 0.2) is 35.1 Å². The Bertz CT molecular complexity index is 811. The van der Waals surface area contributed by atoms with Gasteiger partial charge in [0.05, 0.1) is 5.02 Å². The highest BCUT2D eigenvalue weighted by molar-refractivity contribution is 6.32. The van der Waals surface area contributed by atoms with Gasteiger partial charge in [-0.05, 0) is 30.7 Å². The van der Waals surface area contributed by atoms with Crippen molar-refractivity contribution in [1.29, 1.82) is 0 Å². The fourth-order valence-electron chi connectivity index (χ4n) is 2.00. The fourth-order valence-corrected chi connectivity index (χ4v) is 2.23. The lowest BCUT2D eigenvalue weighted by Crippen LogP contribution is -2.26. The lowest BCUT2D eigenvalue weighted by Gasteiger charge is -2.10. The molecule has 0 radical (unpaired) electrons. The molecule has 0 aliphatic carbocycles. The van der Waals surface area contributed by atoms with Gasteiger partial charge in [0.15, 0.2) is 0 Å². The minimum absolute atomic E-state index is 0.0553. The zero-order valence-corrected chi connectivity index (χ0v) is 14.1. The van der Waals surface area contributed by atoms with Gasteiger partial charge in [-0.15, -0.1) is 0 Å². The van der Waals surface area contributed by atoms with E-state index >= 15 is 0 Å². The van der Waals surface area contributed by atoms with Crippen LogP contribution in [0, 0.1) is 0 Å². The topological polar surface area (TPSA) is 73.2 Å². The van der Waals surface area contributed by atoms with Crippen molar-refractivity contribution >= 4 is 23.2 Å². The number of hydrogen-bond donors (Lipinski definition) is 1. The zero-order valence-electron chi connectivity index (χ0n) is 13.3. The van der Waals surface area contributed by atoms with Gasteiger partial charge in [0.2, 0.25) is 0 Å². The van der Waals surface area contributed by atoms with Crippen molar-refractivity contribution in [2.45, 2.75) is 32.9 Å². The SMILES string of the molecule is CCCCn1nc(C(=O)Nc2ccc(OC(F)F)c(Cl)c2)ccc1=O. The van der Waals surface area contributed by atoms with Gasteiger partial charge in [-0.3, -0.25) is 9.59 Å². The molecule has 0 aliphatic heterocycles. The minimum Gasteiger partial charge on any atom is -0.433 e. The third-order valence-electron chi connectivity index (χ3n) is 3.23. The molecule has 1 aromatic carbocycles. The second-order valence-corrected chi connectivity index (χ2v) is 5.52. The molecule has 0 fully saturated rings. The predicted octanol–water partition coefficient (Wildman–Crippen LogP) is 3.55. The summed E-state index contributed by atoms with van der Waals surface area (Å²) in [5, 5.41) is 6.49. The first-order valence-corrected chi connectivity index (χ1v) is 7.92. The van der Waals surface area contributed by atoms with E-state index in [1.807, 2.05) is 6.92 Å². The number of nitrogens with zero attached hydrogens (tertiary/aromatic N) is 2. The van der Waals surface area contributed by atoms with E-state index in [-0.39, 0.29) is 27.7 Å². The summed E-state index contributed by atoms with van der Waals surface area (Å²) in [5.41, 5.74) is 0.0472. The van der Waals surface area contributed by atoms with Gasteiger partial charge < -0.3 is 10.1 Å². The molecule has 1 heterocycles. The van der Waals surface area contributed by atoms with Crippen LogP contribution in [0.4, 0.5) is 14.5 Å². The first-order valence-electron chi connectivity index (χ1n) is 7.54. The molecule has 0 bridgehead atoms. The second kappa shape index (κ2) is 8.57. The van der Waals surface area contributed by atoms with Gasteiger partial charge in [0.25, 0.3) is 11.5 Å². The standard InChI is InChI=1S/C16H16ClF2N3O3/c1-2-3-8-22-14(23)7-5-12(21-22)15(24)20-10-4-6-13(11(17)9-10)25-16(18)19/h4-7,9,16H,2-3,8H2,1H3,(H,20,24). The fraction of sp³-hybridized carbons (Fsp3) is 0.312. The minimum atomic E-state index is -2.99. The summed E-state index contributed by atoms with van der Waals surface area (Å²) < 4.78 is 29.9. The van der Waals surface area contributed by atoms with Gasteiger partial charge in [-0.2, -0.15) is 13.9 Å². The number of halogens is 3. The van der Waals surface area contributed by atoms with Crippen LogP contribution in [0.5, 0.6) is 5.75 Å². The van der Waals surface area contributed by atoms with E-state index in [9.17, 15) is 18.4 Å². The normalized spacial score (nSPS) is 10.8. The maximum absolute atomic E-state index is 12.2. The molecule has 9 heteroatoms. The van der Waals surface area contributed by atoms with Crippen molar-refractivity contribution in [2.75, 3.05) is 5.32 Å². The van der Waals surface area contributed by atoms with Crippen molar-refractivity contribution < 1.29 is 18.3 Å². The third-order valence-corrected chi connectivity index (χ3v) is 3.52. The van der Waals surface area contributed by atoms with E-state index < -0.39 is 12.5 Å². The Morgan fingerprint density at radius 3 is 2.76 bits per heavy atom. The number of nitrogens with one attached hydrogen (secondary N) is 1. The van der Waals surface area contributed by atoms with Crippen LogP contribution in [0.1, 0.15) is 30.3 Å². The third kappa shape index (κ3) is 5.25. The molecule has 25 heavy (non-hydrogen) atoms. The number of aryl methyl sites for hydroxylation is 1. The summed E-state index contributed by atoms with van der Waals surface area (Å²) in [5.74, 6) is -0.746. The summed E-state index contributed by atoms with van der Waals surface area (Å²) >= 11 is 5.84. The summed E-state index contributed by atoms with van der Waals surface area (Å²) in [6, 6.07) is 6.46. The van der Waals surface area contributed by atoms with Gasteiger partial charge in [0, 0.05) is 18.3 Å². The van der Waals surface area contributed by atoms with E-state index in [1.165, 1.54) is 35.0 Å². The number of amides is 1. The Morgan fingerprint density at radius 2 is 2.12 bits per heavy atom. The van der Waals surface area contributed by atoms with Crippen molar-refractivity contribution in [3.63, 3.8) is 0 Å². The van der Waals surface area contributed by atoms with Crippen molar-refractivity contribution in [3.8, 4) is 5.75 Å². The van der Waals surface area contributed by atoms with Crippen molar-refractivity contribution in [1.82, 2.24) is 9.78 Å². The number of ether oxygens (including phenoxy) is 1. The molecule has 0 aliphatic rings. The van der Waals surface area contributed by atoms with Gasteiger partial charge >= 0.3 is 6.61 Å². The number of aromatic nitrogens is 2. The molecular formula is C16H16ClF2N3O3. The summed E-state index contributed by atoms with van der Waals surface area (Å²) in [6.07, 6.45) is 1.65. The monoisotopic (exact) mass is 371 g/mol. The number of anilines is 1. The molecule has 0 unspecified atom stereocenters. The first kappa shape index (κ1) is 18.9. The molecule has 2 rings (SSSR count). The number of carbonyl (C=O) groups is 1. The Hall–Kier alpha value is -2.48. The van der Waals surface area contributed by atoms with Crippen LogP contribution in [-0.2, 0) is 6.54 Å². The molecule has 0 atom stereocenters. The number of hydrogen-bond acceptors (Lipinski definition) is 4. The molecule has 1 N–H and O–H groups in total. The van der Waals surface area contributed by atoms with Crippen molar-refractivity contribution in [3.05, 3.63) is 51.4 Å². The van der Waals surface area contributed by atoms with Gasteiger partial charge in [-0.25, -0.2) is 4.68 Å². The molecular weight excluding hydrogens is 356 g/mol. The highest BCUT2D eigenvalue weighted by Crippen LogP contribution is 2.29. The molecule has 2 aromatic rings. The van der Waals surface area contributed by atoms with Crippen LogP contribution in [-0.4, -0.2) is 22.3 Å². The molecule has 6 nitrogen and oxygen atoms in total. The Kier molecular flexibility index (Phi) is 6.46. The first-order chi connectivity index (χ1) is 11.9. The zero-order chi connectivity index (χ0) is 18.4. The Morgan fingerprint density at radius 1 is 1.36 bits per heavy atom. The summed E-state index contributed by atoms with van der Waals surface area (Å²) in [4.78, 5) is 23.9. The Balaban J connectivity index is 2.14. The van der Waals surface area contributed by atoms with Crippen molar-refractivity contribution in [2.24, 2.45) is 0 Å². The van der Waals surface area contributed by atoms with Gasteiger partial charge in [0.1, 0.15) is 11.4 Å². The lowest BCUT2D eigenvalue weighted by molar-refractivity contribution is -0.0497. The lowest BCUT2D eigenvalue weighted by atomic mass is 10.3. The highest BCUT2D eigenvalue weighted by atomic mass is 35.5. The predicted molar refractivity (Wildman–Crippen MR) is 89.4 cm³/mol. The van der Waals surface area contributed by atoms with E-state index in [4.69, 9.17) is 11.6 Å². The smallest absolute Gasteiger partial charge is 0.387 e. The van der Waals surface area contributed by atoms with E-state index in [1.54, 1.807) is 0 Å². The van der Waals surface area contributed by atoms with Crippen LogP contribution in [0.3, 0.4) is 0 Å². The maximum Gasteiger partial charge on any atom is 0.387 e. The van der Waals surface area contributed by atoms with E-state index in [0.29, 0.717) is 6.54 Å². The molecule has 1 aromatic heterocycles. The number of carbonyl (C=O) groups excluding carboxylic acids is 1. The van der Waals surface area contributed by atoms with E-state index in [0.717, 1.165) is 12.8 Å². The second-order valence-electron chi connectivity index (χ2n) is 5.11. The highest BCUT2D eigenvalue weighted by Gasteiger charge is 2.13. The molecule has 0 saturated heterocycles. The number of alkyl halides is 2. The summed E-state index contributed by atoms with van der Waals surface area (Å²) in [6.45, 7) is -0.597. The average Bonchev–Trinajstić information content (AvgIpc) is 2.56. The molecule has 134 valence electrons. The maximum atomic E-state index is 12.2. The molecule has 1 amide bonds. The Labute approximate surface area is 147 Å². The summed E-state index contributed by atoms with van der Waals surface area (Å²) in [7, 11) is 0.